The van der Waals surface area contributed by atoms with Gasteiger partial charge in [0.05, 0.1) is 7.11 Å². The van der Waals surface area contributed by atoms with Crippen molar-refractivity contribution >= 4 is 24.1 Å². The topological polar surface area (TPSA) is 138 Å². The van der Waals surface area contributed by atoms with Crippen molar-refractivity contribution in [1.29, 1.82) is 0 Å². The Morgan fingerprint density at radius 1 is 1.15 bits per heavy atom. The zero-order valence-corrected chi connectivity index (χ0v) is 14.3. The number of amidine groups is 1. The molecule has 0 spiro atoms. The molecule has 0 atom stereocenters. The summed E-state index contributed by atoms with van der Waals surface area (Å²) in [4.78, 5) is 40.5. The first-order valence-corrected chi connectivity index (χ1v) is 7.92. The fourth-order valence-corrected chi connectivity index (χ4v) is 2.39. The van der Waals surface area contributed by atoms with Crippen LogP contribution in [0.25, 0.3) is 0 Å². The van der Waals surface area contributed by atoms with Gasteiger partial charge in [-0.1, -0.05) is 24.3 Å². The van der Waals surface area contributed by atoms with E-state index in [-0.39, 0.29) is 11.9 Å². The first-order valence-electron chi connectivity index (χ1n) is 7.92. The monoisotopic (exact) mass is 363 g/mol. The molecule has 0 saturated carbocycles. The number of aliphatic imine (C=N–C) groups is 1. The summed E-state index contributed by atoms with van der Waals surface area (Å²) < 4.78 is 4.41. The first-order chi connectivity index (χ1) is 12.4. The summed E-state index contributed by atoms with van der Waals surface area (Å²) in [5, 5.41) is 11.7. The number of ether oxygens (including phenoxy) is 1. The molecule has 1 aliphatic rings. The van der Waals surface area contributed by atoms with E-state index in [2.05, 4.69) is 15.0 Å². The average molecular weight is 363 g/mol. The predicted octanol–water partition coefficient (Wildman–Crippen LogP) is 0.664. The molecule has 0 aliphatic carbocycles. The van der Waals surface area contributed by atoms with E-state index in [4.69, 9.17) is 10.8 Å². The number of nitrogens with two attached hydrogens (primary N) is 1. The number of urea groups is 1. The Morgan fingerprint density at radius 2 is 1.73 bits per heavy atom. The van der Waals surface area contributed by atoms with E-state index >= 15 is 0 Å². The van der Waals surface area contributed by atoms with Crippen LogP contribution in [0.1, 0.15) is 11.1 Å². The van der Waals surface area contributed by atoms with Crippen molar-refractivity contribution in [3.63, 3.8) is 0 Å². The van der Waals surface area contributed by atoms with Crippen molar-refractivity contribution in [3.8, 4) is 0 Å². The number of nitrogens with one attached hydrogen (secondary N) is 1. The summed E-state index contributed by atoms with van der Waals surface area (Å²) in [6.07, 6.45) is -1.75. The maximum atomic E-state index is 12.1. The lowest BCUT2D eigenvalue weighted by Crippen LogP contribution is -2.52. The Morgan fingerprint density at radius 3 is 2.27 bits per heavy atom. The van der Waals surface area contributed by atoms with Crippen LogP contribution >= 0.6 is 0 Å². The van der Waals surface area contributed by atoms with Crippen LogP contribution in [-0.4, -0.2) is 72.2 Å². The van der Waals surface area contributed by atoms with Gasteiger partial charge in [-0.25, -0.2) is 14.4 Å². The van der Waals surface area contributed by atoms with Crippen LogP contribution < -0.4 is 11.1 Å². The summed E-state index contributed by atoms with van der Waals surface area (Å²) in [6, 6.07) is 6.66. The van der Waals surface area contributed by atoms with Crippen LogP contribution in [-0.2, 0) is 11.3 Å². The minimum Gasteiger partial charge on any atom is -0.465 e. The molecule has 1 saturated heterocycles. The number of piperazine rings is 1. The summed E-state index contributed by atoms with van der Waals surface area (Å²) >= 11 is 0. The van der Waals surface area contributed by atoms with Crippen LogP contribution in [0, 0.1) is 0 Å². The third kappa shape index (κ3) is 5.10. The molecule has 10 nitrogen and oxygen atoms in total. The molecule has 0 radical (unpaired) electrons. The van der Waals surface area contributed by atoms with Crippen molar-refractivity contribution in [2.45, 2.75) is 6.54 Å². The lowest BCUT2D eigenvalue weighted by atomic mass is 10.1. The Kier molecular flexibility index (Phi) is 6.36. The zero-order valence-electron chi connectivity index (χ0n) is 14.3. The molecule has 4 N–H and O–H groups in total. The molecule has 26 heavy (non-hydrogen) atoms. The predicted molar refractivity (Wildman–Crippen MR) is 93.0 cm³/mol. The number of hydrogen-bond acceptors (Lipinski definition) is 4. The minimum absolute atomic E-state index is 0.0451. The quantitative estimate of drug-likeness (QED) is 0.533. The van der Waals surface area contributed by atoms with Gasteiger partial charge in [0.25, 0.3) is 0 Å². The third-order valence-electron chi connectivity index (χ3n) is 3.92. The van der Waals surface area contributed by atoms with Gasteiger partial charge in [0.2, 0.25) is 0 Å². The van der Waals surface area contributed by atoms with Gasteiger partial charge >= 0.3 is 18.2 Å². The molecule has 4 amide bonds. The van der Waals surface area contributed by atoms with Gasteiger partial charge in [-0.15, -0.1) is 0 Å². The van der Waals surface area contributed by atoms with Crippen molar-refractivity contribution in [2.75, 3.05) is 33.3 Å². The number of benzene rings is 1. The summed E-state index contributed by atoms with van der Waals surface area (Å²) in [5.41, 5.74) is 7.11. The molecule has 0 aromatic heterocycles. The van der Waals surface area contributed by atoms with Crippen LogP contribution in [0.15, 0.2) is 29.3 Å². The van der Waals surface area contributed by atoms with Gasteiger partial charge in [0, 0.05) is 38.3 Å². The summed E-state index contributed by atoms with van der Waals surface area (Å²) in [5.74, 6) is 0.0451. The number of carbonyl (C=O) groups excluding carboxylic acids is 2. The number of hydrogen-bond donors (Lipinski definition) is 3. The molecule has 0 bridgehead atoms. The van der Waals surface area contributed by atoms with E-state index < -0.39 is 12.2 Å². The van der Waals surface area contributed by atoms with Crippen LogP contribution in [0.4, 0.5) is 14.4 Å². The highest BCUT2D eigenvalue weighted by Crippen LogP contribution is 2.06. The Hall–Kier alpha value is -3.30. The Balaban J connectivity index is 1.84. The second-order valence-corrected chi connectivity index (χ2v) is 5.58. The molecular weight excluding hydrogens is 342 g/mol. The summed E-state index contributed by atoms with van der Waals surface area (Å²) in [6.45, 7) is 1.63. The van der Waals surface area contributed by atoms with Crippen LogP contribution in [0.3, 0.4) is 0 Å². The normalized spacial score (nSPS) is 14.7. The number of carbonyl (C=O) groups is 3. The highest BCUT2D eigenvalue weighted by Gasteiger charge is 2.23. The number of carboxylic acid groups (broad SMARTS) is 1. The molecule has 10 heteroatoms. The van der Waals surface area contributed by atoms with E-state index in [1.165, 1.54) is 12.0 Å². The maximum absolute atomic E-state index is 12.1. The number of rotatable bonds is 3. The van der Waals surface area contributed by atoms with E-state index in [9.17, 15) is 14.4 Å². The molecule has 140 valence electrons. The van der Waals surface area contributed by atoms with E-state index in [0.717, 1.165) is 5.56 Å². The molecule has 1 fully saturated rings. The molecule has 1 aliphatic heterocycles. The van der Waals surface area contributed by atoms with Crippen molar-refractivity contribution in [2.24, 2.45) is 10.7 Å². The fraction of sp³-hybridized carbons (Fsp3) is 0.375. The number of amides is 4. The maximum Gasteiger partial charge on any atom is 0.435 e. The Labute approximate surface area is 150 Å². The van der Waals surface area contributed by atoms with Gasteiger partial charge in [-0.2, -0.15) is 4.99 Å². The smallest absolute Gasteiger partial charge is 0.435 e. The molecule has 2 rings (SSSR count). The molecular formula is C16H21N5O5. The van der Waals surface area contributed by atoms with Crippen molar-refractivity contribution in [3.05, 3.63) is 35.4 Å². The van der Waals surface area contributed by atoms with E-state index in [1.54, 1.807) is 29.2 Å². The van der Waals surface area contributed by atoms with Crippen molar-refractivity contribution < 1.29 is 24.2 Å². The van der Waals surface area contributed by atoms with Gasteiger partial charge in [0.15, 0.2) is 0 Å². The third-order valence-corrected chi connectivity index (χ3v) is 3.92. The largest absolute Gasteiger partial charge is 0.465 e. The lowest BCUT2D eigenvalue weighted by Gasteiger charge is -2.33. The second kappa shape index (κ2) is 8.70. The SMILES string of the molecule is COC(=O)N=C(N)c1ccc(CNC(=O)N2CCN(C(=O)O)CC2)cc1. The van der Waals surface area contributed by atoms with Crippen molar-refractivity contribution in [1.82, 2.24) is 15.1 Å². The summed E-state index contributed by atoms with van der Waals surface area (Å²) in [7, 11) is 1.21. The zero-order chi connectivity index (χ0) is 19.1. The highest BCUT2D eigenvalue weighted by atomic mass is 16.5. The lowest BCUT2D eigenvalue weighted by molar-refractivity contribution is 0.112. The minimum atomic E-state index is -0.972. The van der Waals surface area contributed by atoms with E-state index in [0.29, 0.717) is 38.3 Å². The van der Waals surface area contributed by atoms with E-state index in [1.807, 2.05) is 0 Å². The molecule has 1 heterocycles. The highest BCUT2D eigenvalue weighted by molar-refractivity contribution is 6.02. The first kappa shape index (κ1) is 19.0. The standard InChI is InChI=1S/C16H21N5O5/c1-26-15(23)19-13(17)12-4-2-11(3-5-12)10-18-14(22)20-6-8-21(9-7-20)16(24)25/h2-5H,6-10H2,1H3,(H,18,22)(H,24,25)(H2,17,19,23). The Bertz CT molecular complexity index is 695. The molecule has 1 aromatic rings. The fourth-order valence-electron chi connectivity index (χ4n) is 2.39. The number of methoxy groups -OCH3 is 1. The molecule has 0 unspecified atom stereocenters. The van der Waals surface area contributed by atoms with Gasteiger partial charge in [-0.3, -0.25) is 0 Å². The van der Waals surface area contributed by atoms with Gasteiger partial charge in [0.1, 0.15) is 5.84 Å². The molecule has 1 aromatic carbocycles. The number of nitrogens with zero attached hydrogens (tertiary/aromatic N) is 3. The average Bonchev–Trinajstić information content (AvgIpc) is 2.66. The second-order valence-electron chi connectivity index (χ2n) is 5.58. The van der Waals surface area contributed by atoms with Crippen LogP contribution in [0.5, 0.6) is 0 Å². The van der Waals surface area contributed by atoms with Gasteiger partial charge in [-0.05, 0) is 5.56 Å². The van der Waals surface area contributed by atoms with Gasteiger partial charge < -0.3 is 30.7 Å². The van der Waals surface area contributed by atoms with Crippen LogP contribution in [0.2, 0.25) is 0 Å².